The molecule has 1 rings (SSSR count). The lowest BCUT2D eigenvalue weighted by molar-refractivity contribution is 0.104. The first-order valence-corrected chi connectivity index (χ1v) is 2.78. The zero-order chi connectivity index (χ0) is 6.85. The highest BCUT2D eigenvalue weighted by atomic mass is 35.5. The Balaban J connectivity index is 2.98. The second-order valence-electron chi connectivity index (χ2n) is 1.29. The Hall–Kier alpha value is -0.540. The molecule has 0 aromatic carbocycles. The Kier molecular flexibility index (Phi) is 1.73. The van der Waals surface area contributed by atoms with Crippen LogP contribution in [0.25, 0.3) is 0 Å². The summed E-state index contributed by atoms with van der Waals surface area (Å²) in [6.45, 7) is 0. The Morgan fingerprint density at radius 1 is 1.78 bits per heavy atom. The van der Waals surface area contributed by atoms with Gasteiger partial charge in [0, 0.05) is 6.07 Å². The Morgan fingerprint density at radius 2 is 2.44 bits per heavy atom. The zero-order valence-electron chi connectivity index (χ0n) is 4.10. The maximum atomic E-state index is 10.2. The summed E-state index contributed by atoms with van der Waals surface area (Å²) in [5.74, 6) is -0.0401. The van der Waals surface area contributed by atoms with Gasteiger partial charge in [-0.3, -0.25) is 4.79 Å². The van der Waals surface area contributed by atoms with Gasteiger partial charge in [0.2, 0.25) is 5.76 Å². The molecule has 0 aliphatic rings. The van der Waals surface area contributed by atoms with Crippen LogP contribution in [0, 0.1) is 0 Å². The smallest absolute Gasteiger partial charge is 0.290 e. The predicted octanol–water partition coefficient (Wildman–Crippen LogP) is 1.71. The van der Waals surface area contributed by atoms with Crippen molar-refractivity contribution in [1.29, 1.82) is 0 Å². The van der Waals surface area contributed by atoms with Crippen LogP contribution in [0.3, 0.4) is 0 Å². The molecule has 0 unspecified atom stereocenters. The van der Waals surface area contributed by atoms with Crippen LogP contribution in [-0.2, 0) is 0 Å². The quantitative estimate of drug-likeness (QED) is 0.596. The van der Waals surface area contributed by atoms with E-state index in [9.17, 15) is 4.79 Å². The van der Waals surface area contributed by atoms with E-state index >= 15 is 0 Å². The van der Waals surface area contributed by atoms with Crippen molar-refractivity contribution >= 4 is 28.4 Å². The molecule has 0 aliphatic carbocycles. The van der Waals surface area contributed by atoms with E-state index < -0.39 is 5.24 Å². The minimum absolute atomic E-state index is 0.0401. The van der Waals surface area contributed by atoms with Crippen LogP contribution in [0.1, 0.15) is 10.6 Å². The maximum absolute atomic E-state index is 10.2. The van der Waals surface area contributed by atoms with Crippen LogP contribution in [0.4, 0.5) is 0 Å². The first kappa shape index (κ1) is 6.58. The fourth-order valence-electron chi connectivity index (χ4n) is 0.346. The fraction of sp³-hybridized carbons (Fsp3) is 0. The monoisotopic (exact) mass is 165 g/mol. The Morgan fingerprint density at radius 3 is 2.67 bits per heavy atom. The molecule has 3 nitrogen and oxygen atoms in total. The summed E-state index contributed by atoms with van der Waals surface area (Å²) in [5.41, 5.74) is 0. The Bertz CT molecular complexity index is 232. The number of hydrogen-bond acceptors (Lipinski definition) is 3. The van der Waals surface area contributed by atoms with Crippen molar-refractivity contribution < 1.29 is 9.32 Å². The summed E-state index contributed by atoms with van der Waals surface area (Å²) < 4.78 is 4.36. The summed E-state index contributed by atoms with van der Waals surface area (Å²) >= 11 is 10.3. The largest absolute Gasteiger partial charge is 0.350 e. The van der Waals surface area contributed by atoms with Crippen LogP contribution in [0.5, 0.6) is 0 Å². The van der Waals surface area contributed by atoms with Gasteiger partial charge in [0.25, 0.3) is 5.24 Å². The van der Waals surface area contributed by atoms with Gasteiger partial charge in [0.15, 0.2) is 5.15 Å². The highest BCUT2D eigenvalue weighted by Gasteiger charge is 2.07. The number of rotatable bonds is 1. The van der Waals surface area contributed by atoms with Gasteiger partial charge in [-0.15, -0.1) is 0 Å². The number of carbonyl (C=O) groups is 1. The number of aromatic nitrogens is 1. The van der Waals surface area contributed by atoms with Crippen molar-refractivity contribution in [3.8, 4) is 0 Å². The van der Waals surface area contributed by atoms with E-state index in [-0.39, 0.29) is 10.9 Å². The van der Waals surface area contributed by atoms with Crippen molar-refractivity contribution in [1.82, 2.24) is 5.16 Å². The highest BCUT2D eigenvalue weighted by Crippen LogP contribution is 2.10. The fourth-order valence-corrected chi connectivity index (χ4v) is 0.569. The average molecular weight is 166 g/mol. The molecule has 0 atom stereocenters. The molecule has 0 bridgehead atoms. The lowest BCUT2D eigenvalue weighted by Crippen LogP contribution is -1.81. The molecule has 0 saturated heterocycles. The summed E-state index contributed by atoms with van der Waals surface area (Å²) in [7, 11) is 0. The zero-order valence-corrected chi connectivity index (χ0v) is 5.61. The van der Waals surface area contributed by atoms with Crippen LogP contribution in [0.2, 0.25) is 5.15 Å². The van der Waals surface area contributed by atoms with Gasteiger partial charge in [-0.05, 0) is 11.6 Å². The van der Waals surface area contributed by atoms with Gasteiger partial charge in [-0.2, -0.15) is 0 Å². The van der Waals surface area contributed by atoms with E-state index in [1.807, 2.05) is 0 Å². The van der Waals surface area contributed by atoms with Gasteiger partial charge >= 0.3 is 0 Å². The van der Waals surface area contributed by atoms with E-state index in [1.165, 1.54) is 6.07 Å². The van der Waals surface area contributed by atoms with Crippen LogP contribution in [0.15, 0.2) is 10.6 Å². The molecular weight excluding hydrogens is 165 g/mol. The van der Waals surface area contributed by atoms with E-state index in [0.717, 1.165) is 0 Å². The number of hydrogen-bond donors (Lipinski definition) is 0. The SMILES string of the molecule is O=C(Cl)c1cc(Cl)no1. The van der Waals surface area contributed by atoms with Gasteiger partial charge in [0.05, 0.1) is 0 Å². The van der Waals surface area contributed by atoms with E-state index in [0.29, 0.717) is 0 Å². The topological polar surface area (TPSA) is 43.1 Å². The molecule has 0 saturated carbocycles. The maximum Gasteiger partial charge on any atom is 0.290 e. The first-order valence-electron chi connectivity index (χ1n) is 2.02. The molecule has 0 amide bonds. The average Bonchev–Trinajstić information content (AvgIpc) is 2.14. The minimum atomic E-state index is -0.700. The third-order valence-electron chi connectivity index (χ3n) is 0.675. The van der Waals surface area contributed by atoms with Crippen molar-refractivity contribution in [2.24, 2.45) is 0 Å². The first-order chi connectivity index (χ1) is 4.20. The molecule has 0 N–H and O–H groups in total. The molecule has 0 aliphatic heterocycles. The molecule has 9 heavy (non-hydrogen) atoms. The minimum Gasteiger partial charge on any atom is -0.350 e. The molecular formula is C4HCl2NO2. The van der Waals surface area contributed by atoms with Crippen molar-refractivity contribution in [2.45, 2.75) is 0 Å². The van der Waals surface area contributed by atoms with Gasteiger partial charge in [-0.1, -0.05) is 16.8 Å². The molecule has 0 spiro atoms. The van der Waals surface area contributed by atoms with Crippen LogP contribution < -0.4 is 0 Å². The number of carbonyl (C=O) groups excluding carboxylic acids is 1. The van der Waals surface area contributed by atoms with Crippen molar-refractivity contribution in [2.75, 3.05) is 0 Å². The van der Waals surface area contributed by atoms with E-state index in [1.54, 1.807) is 0 Å². The summed E-state index contributed by atoms with van der Waals surface area (Å²) in [4.78, 5) is 10.2. The third-order valence-corrected chi connectivity index (χ3v) is 1.04. The van der Waals surface area contributed by atoms with Gasteiger partial charge in [0.1, 0.15) is 0 Å². The van der Waals surface area contributed by atoms with Crippen molar-refractivity contribution in [3.05, 3.63) is 17.0 Å². The molecule has 0 radical (unpaired) electrons. The van der Waals surface area contributed by atoms with Gasteiger partial charge < -0.3 is 4.52 Å². The summed E-state index contributed by atoms with van der Waals surface area (Å²) in [6, 6.07) is 1.25. The number of nitrogens with zero attached hydrogens (tertiary/aromatic N) is 1. The molecule has 1 aromatic heterocycles. The van der Waals surface area contributed by atoms with E-state index in [2.05, 4.69) is 9.68 Å². The summed E-state index contributed by atoms with van der Waals surface area (Å²) in [5, 5.41) is 2.65. The van der Waals surface area contributed by atoms with Crippen molar-refractivity contribution in [3.63, 3.8) is 0 Å². The normalized spacial score (nSPS) is 9.56. The number of halogens is 2. The molecule has 1 heterocycles. The lowest BCUT2D eigenvalue weighted by Gasteiger charge is -1.74. The van der Waals surface area contributed by atoms with E-state index in [4.69, 9.17) is 23.2 Å². The molecule has 48 valence electrons. The second-order valence-corrected chi connectivity index (χ2v) is 2.02. The van der Waals surface area contributed by atoms with Crippen LogP contribution >= 0.6 is 23.2 Å². The third kappa shape index (κ3) is 1.43. The highest BCUT2D eigenvalue weighted by molar-refractivity contribution is 6.67. The van der Waals surface area contributed by atoms with Crippen LogP contribution in [-0.4, -0.2) is 10.4 Å². The molecule has 5 heteroatoms. The second kappa shape index (κ2) is 2.37. The van der Waals surface area contributed by atoms with Gasteiger partial charge in [-0.25, -0.2) is 0 Å². The summed E-state index contributed by atoms with van der Waals surface area (Å²) in [6.07, 6.45) is 0. The Labute approximate surface area is 60.5 Å². The molecule has 0 fully saturated rings. The molecule has 1 aromatic rings. The lowest BCUT2D eigenvalue weighted by atomic mass is 10.5. The standard InChI is InChI=1S/C4HCl2NO2/c5-3-1-2(4(6)8)9-7-3/h1H. The predicted molar refractivity (Wildman–Crippen MR) is 31.7 cm³/mol.